The standard InChI is InChI=1S/C13H13ClINS/c1-2-9-4-6-12(17-9)13(16)10-7-8(14)3-5-11(10)15/h3-7,13H,2,16H2,1H3. The van der Waals surface area contributed by atoms with Gasteiger partial charge in [-0.1, -0.05) is 18.5 Å². The van der Waals surface area contributed by atoms with Crippen molar-refractivity contribution in [3.63, 3.8) is 0 Å². The van der Waals surface area contributed by atoms with Crippen LogP contribution in [0.1, 0.15) is 28.3 Å². The van der Waals surface area contributed by atoms with E-state index in [4.69, 9.17) is 17.3 Å². The van der Waals surface area contributed by atoms with E-state index in [0.29, 0.717) is 0 Å². The van der Waals surface area contributed by atoms with E-state index in [1.54, 1.807) is 11.3 Å². The van der Waals surface area contributed by atoms with Gasteiger partial charge >= 0.3 is 0 Å². The van der Waals surface area contributed by atoms with Gasteiger partial charge in [-0.05, 0) is 64.9 Å². The van der Waals surface area contributed by atoms with Crippen molar-refractivity contribution >= 4 is 45.5 Å². The van der Waals surface area contributed by atoms with Gasteiger partial charge < -0.3 is 5.73 Å². The van der Waals surface area contributed by atoms with E-state index in [0.717, 1.165) is 20.6 Å². The average Bonchev–Trinajstić information content (AvgIpc) is 2.80. The second-order valence-electron chi connectivity index (χ2n) is 3.80. The topological polar surface area (TPSA) is 26.0 Å². The van der Waals surface area contributed by atoms with Crippen LogP contribution in [0, 0.1) is 3.57 Å². The molecule has 0 aliphatic heterocycles. The third kappa shape index (κ3) is 3.02. The summed E-state index contributed by atoms with van der Waals surface area (Å²) in [4.78, 5) is 2.56. The first-order valence-electron chi connectivity index (χ1n) is 5.41. The molecular weight excluding hydrogens is 365 g/mol. The molecule has 90 valence electrons. The van der Waals surface area contributed by atoms with Crippen LogP contribution in [0.5, 0.6) is 0 Å². The van der Waals surface area contributed by atoms with Crippen LogP contribution in [0.2, 0.25) is 5.02 Å². The van der Waals surface area contributed by atoms with Gasteiger partial charge in [0.2, 0.25) is 0 Å². The smallest absolute Gasteiger partial charge is 0.0656 e. The van der Waals surface area contributed by atoms with Crippen molar-refractivity contribution in [2.24, 2.45) is 5.73 Å². The van der Waals surface area contributed by atoms with Gasteiger partial charge in [0.15, 0.2) is 0 Å². The molecule has 17 heavy (non-hydrogen) atoms. The molecule has 0 aliphatic rings. The van der Waals surface area contributed by atoms with Crippen LogP contribution in [0.3, 0.4) is 0 Å². The maximum atomic E-state index is 6.30. The molecule has 1 heterocycles. The second kappa shape index (κ2) is 5.69. The van der Waals surface area contributed by atoms with Gasteiger partial charge in [-0.3, -0.25) is 0 Å². The van der Waals surface area contributed by atoms with Crippen molar-refractivity contribution < 1.29 is 0 Å². The van der Waals surface area contributed by atoms with Crippen LogP contribution in [0.25, 0.3) is 0 Å². The van der Waals surface area contributed by atoms with Gasteiger partial charge in [-0.15, -0.1) is 11.3 Å². The van der Waals surface area contributed by atoms with Gasteiger partial charge in [0.25, 0.3) is 0 Å². The zero-order chi connectivity index (χ0) is 12.4. The Morgan fingerprint density at radius 3 is 2.76 bits per heavy atom. The Kier molecular flexibility index (Phi) is 4.47. The fourth-order valence-electron chi connectivity index (χ4n) is 1.66. The first-order valence-corrected chi connectivity index (χ1v) is 7.68. The van der Waals surface area contributed by atoms with E-state index < -0.39 is 0 Å². The lowest BCUT2D eigenvalue weighted by molar-refractivity contribution is 0.887. The first kappa shape index (κ1) is 13.3. The average molecular weight is 378 g/mol. The van der Waals surface area contributed by atoms with E-state index in [9.17, 15) is 0 Å². The molecule has 0 spiro atoms. The maximum absolute atomic E-state index is 6.30. The fraction of sp³-hybridized carbons (Fsp3) is 0.231. The van der Waals surface area contributed by atoms with E-state index in [1.165, 1.54) is 9.75 Å². The minimum Gasteiger partial charge on any atom is -0.320 e. The van der Waals surface area contributed by atoms with E-state index in [-0.39, 0.29) is 6.04 Å². The lowest BCUT2D eigenvalue weighted by Gasteiger charge is -2.12. The number of thiophene rings is 1. The Bertz CT molecular complexity index is 524. The van der Waals surface area contributed by atoms with Crippen LogP contribution in [-0.2, 0) is 6.42 Å². The molecule has 2 aromatic rings. The van der Waals surface area contributed by atoms with Gasteiger partial charge in [0, 0.05) is 18.3 Å². The van der Waals surface area contributed by atoms with Crippen molar-refractivity contribution in [1.29, 1.82) is 0 Å². The summed E-state index contributed by atoms with van der Waals surface area (Å²) in [5.74, 6) is 0. The van der Waals surface area contributed by atoms with Gasteiger partial charge in [0.1, 0.15) is 0 Å². The molecule has 2 N–H and O–H groups in total. The first-order chi connectivity index (χ1) is 8.11. The number of hydrogen-bond donors (Lipinski definition) is 1. The normalized spacial score (nSPS) is 12.7. The molecule has 0 saturated heterocycles. The minimum atomic E-state index is -0.0779. The van der Waals surface area contributed by atoms with Crippen LogP contribution in [0.4, 0.5) is 0 Å². The maximum Gasteiger partial charge on any atom is 0.0656 e. The fourth-order valence-corrected chi connectivity index (χ4v) is 3.48. The SMILES string of the molecule is CCc1ccc(C(N)c2cc(Cl)ccc2I)s1. The lowest BCUT2D eigenvalue weighted by Crippen LogP contribution is -2.11. The molecule has 4 heteroatoms. The van der Waals surface area contributed by atoms with Crippen LogP contribution in [-0.4, -0.2) is 0 Å². The summed E-state index contributed by atoms with van der Waals surface area (Å²) < 4.78 is 1.16. The second-order valence-corrected chi connectivity index (χ2v) is 6.60. The molecule has 0 bridgehead atoms. The summed E-state index contributed by atoms with van der Waals surface area (Å²) in [5, 5.41) is 0.739. The Morgan fingerprint density at radius 1 is 1.35 bits per heavy atom. The van der Waals surface area contributed by atoms with Crippen LogP contribution in [0.15, 0.2) is 30.3 Å². The summed E-state index contributed by atoms with van der Waals surface area (Å²) in [6.45, 7) is 2.16. The Hall–Kier alpha value is -0.100. The molecule has 0 aliphatic carbocycles. The summed E-state index contributed by atoms with van der Waals surface area (Å²) in [7, 11) is 0. The zero-order valence-electron chi connectivity index (χ0n) is 9.41. The molecule has 0 radical (unpaired) electrons. The molecule has 1 atom stereocenters. The number of nitrogens with two attached hydrogens (primary N) is 1. The number of halogens is 2. The summed E-state index contributed by atoms with van der Waals surface area (Å²) >= 11 is 10.1. The largest absolute Gasteiger partial charge is 0.320 e. The number of aryl methyl sites for hydroxylation is 1. The van der Waals surface area contributed by atoms with Gasteiger partial charge in [-0.2, -0.15) is 0 Å². The van der Waals surface area contributed by atoms with E-state index in [2.05, 4.69) is 41.6 Å². The van der Waals surface area contributed by atoms with E-state index in [1.807, 2.05) is 18.2 Å². The van der Waals surface area contributed by atoms with Crippen molar-refractivity contribution in [3.05, 3.63) is 54.2 Å². The van der Waals surface area contributed by atoms with Gasteiger partial charge in [-0.25, -0.2) is 0 Å². The van der Waals surface area contributed by atoms with Gasteiger partial charge in [0.05, 0.1) is 6.04 Å². The highest BCUT2D eigenvalue weighted by Gasteiger charge is 2.14. The Labute approximate surface area is 124 Å². The molecule has 1 unspecified atom stereocenters. The van der Waals surface area contributed by atoms with E-state index >= 15 is 0 Å². The highest BCUT2D eigenvalue weighted by molar-refractivity contribution is 14.1. The third-order valence-corrected chi connectivity index (χ3v) is 5.16. The molecule has 2 rings (SSSR count). The highest BCUT2D eigenvalue weighted by Crippen LogP contribution is 2.31. The highest BCUT2D eigenvalue weighted by atomic mass is 127. The van der Waals surface area contributed by atoms with Crippen molar-refractivity contribution in [1.82, 2.24) is 0 Å². The zero-order valence-corrected chi connectivity index (χ0v) is 13.1. The Balaban J connectivity index is 2.35. The summed E-state index contributed by atoms with van der Waals surface area (Å²) in [6, 6.07) is 10.0. The number of hydrogen-bond acceptors (Lipinski definition) is 2. The quantitative estimate of drug-likeness (QED) is 0.776. The minimum absolute atomic E-state index is 0.0779. The lowest BCUT2D eigenvalue weighted by atomic mass is 10.1. The summed E-state index contributed by atoms with van der Waals surface area (Å²) in [5.41, 5.74) is 7.40. The predicted molar refractivity (Wildman–Crippen MR) is 83.9 cm³/mol. The number of benzene rings is 1. The monoisotopic (exact) mass is 377 g/mol. The molecule has 0 saturated carbocycles. The molecule has 0 fully saturated rings. The molecule has 1 aromatic heterocycles. The van der Waals surface area contributed by atoms with Crippen molar-refractivity contribution in [2.75, 3.05) is 0 Å². The van der Waals surface area contributed by atoms with Crippen LogP contribution >= 0.6 is 45.5 Å². The van der Waals surface area contributed by atoms with Crippen molar-refractivity contribution in [3.8, 4) is 0 Å². The molecule has 0 amide bonds. The number of rotatable bonds is 3. The molecule has 1 aromatic carbocycles. The van der Waals surface area contributed by atoms with Crippen molar-refractivity contribution in [2.45, 2.75) is 19.4 Å². The molecular formula is C13H13ClINS. The Morgan fingerprint density at radius 2 is 2.12 bits per heavy atom. The van der Waals surface area contributed by atoms with Crippen LogP contribution < -0.4 is 5.73 Å². The third-order valence-electron chi connectivity index (χ3n) is 2.63. The molecule has 1 nitrogen and oxygen atoms in total. The predicted octanol–water partition coefficient (Wildman–Crippen LogP) is 4.62. The summed E-state index contributed by atoms with van der Waals surface area (Å²) in [6.07, 6.45) is 1.06.